The number of hydrazine groups is 1. The number of hydrogen-bond acceptors (Lipinski definition) is 4. The number of benzene rings is 2. The van der Waals surface area contributed by atoms with E-state index in [-0.39, 0.29) is 18.4 Å². The highest BCUT2D eigenvalue weighted by Gasteiger charge is 2.10. The second-order valence-corrected chi connectivity index (χ2v) is 7.24. The summed E-state index contributed by atoms with van der Waals surface area (Å²) in [5, 5.41) is 2.74. The molecule has 0 fully saturated rings. The Morgan fingerprint density at radius 3 is 2.03 bits per heavy atom. The molecule has 0 saturated heterocycles. The molecule has 2 aromatic carbocycles. The van der Waals surface area contributed by atoms with Crippen LogP contribution in [0.4, 0.5) is 5.69 Å². The predicted octanol–water partition coefficient (Wildman–Crippen LogP) is 3.24. The summed E-state index contributed by atoms with van der Waals surface area (Å²) in [6, 6.07) is 13.9. The molecule has 0 aliphatic carbocycles. The lowest BCUT2D eigenvalue weighted by molar-refractivity contribution is -0.123. The molecule has 0 spiro atoms. The molecule has 0 atom stereocenters. The van der Waals surface area contributed by atoms with E-state index in [1.165, 1.54) is 5.56 Å². The number of anilines is 1. The summed E-state index contributed by atoms with van der Waals surface area (Å²) in [5.74, 6) is -0.191. The van der Waals surface area contributed by atoms with Crippen LogP contribution in [0.5, 0.6) is 5.75 Å². The summed E-state index contributed by atoms with van der Waals surface area (Å²) in [7, 11) is 0. The Morgan fingerprint density at radius 2 is 1.48 bits per heavy atom. The first-order valence-corrected chi connectivity index (χ1v) is 9.49. The van der Waals surface area contributed by atoms with Crippen LogP contribution in [0.25, 0.3) is 0 Å². The Morgan fingerprint density at radius 1 is 0.862 bits per heavy atom. The average Bonchev–Trinajstić information content (AvgIpc) is 2.71. The summed E-state index contributed by atoms with van der Waals surface area (Å²) in [5.41, 5.74) is 6.77. The zero-order chi connectivity index (χ0) is 21.4. The van der Waals surface area contributed by atoms with Crippen LogP contribution in [0.2, 0.25) is 0 Å². The maximum Gasteiger partial charge on any atom is 0.276 e. The summed E-state index contributed by atoms with van der Waals surface area (Å²) in [4.78, 5) is 35.6. The van der Waals surface area contributed by atoms with Gasteiger partial charge in [0.25, 0.3) is 11.8 Å². The molecule has 0 aliphatic rings. The van der Waals surface area contributed by atoms with Gasteiger partial charge in [-0.3, -0.25) is 25.2 Å². The number of amides is 3. The number of rotatable bonds is 7. The fraction of sp³-hybridized carbons (Fsp3) is 0.318. The molecule has 0 aliphatic heterocycles. The minimum absolute atomic E-state index is 0.103. The van der Waals surface area contributed by atoms with E-state index in [0.717, 1.165) is 0 Å². The first-order valence-electron chi connectivity index (χ1n) is 9.49. The van der Waals surface area contributed by atoms with Crippen molar-refractivity contribution in [2.45, 2.75) is 33.6 Å². The molecular formula is C22H27N3O4. The third kappa shape index (κ3) is 6.95. The summed E-state index contributed by atoms with van der Waals surface area (Å²) >= 11 is 0. The molecule has 7 nitrogen and oxygen atoms in total. The van der Waals surface area contributed by atoms with Gasteiger partial charge in [0.2, 0.25) is 5.91 Å². The molecule has 0 heterocycles. The van der Waals surface area contributed by atoms with Crippen molar-refractivity contribution < 1.29 is 19.1 Å². The van der Waals surface area contributed by atoms with Gasteiger partial charge < -0.3 is 10.1 Å². The van der Waals surface area contributed by atoms with Crippen LogP contribution in [0, 0.1) is 5.92 Å². The SMILES string of the molecule is CC(C)C(=O)Nc1ccc(C(=O)NNC(=O)COc2ccc(C(C)C)cc2)cc1. The van der Waals surface area contributed by atoms with Crippen molar-refractivity contribution in [3.8, 4) is 5.75 Å². The second kappa shape index (κ2) is 10.3. The standard InChI is InChI=1S/C22H27N3O4/c1-14(2)16-7-11-19(12-8-16)29-13-20(26)24-25-22(28)17-5-9-18(10-6-17)23-21(27)15(3)4/h5-12,14-15H,13H2,1-4H3,(H,23,27)(H,24,26)(H,25,28). The van der Waals surface area contributed by atoms with Crippen molar-refractivity contribution >= 4 is 23.4 Å². The minimum atomic E-state index is -0.480. The number of carbonyl (C=O) groups is 3. The fourth-order valence-corrected chi connectivity index (χ4v) is 2.32. The van der Waals surface area contributed by atoms with Crippen LogP contribution in [-0.2, 0) is 9.59 Å². The lowest BCUT2D eigenvalue weighted by atomic mass is 10.0. The number of nitrogens with one attached hydrogen (secondary N) is 3. The van der Waals surface area contributed by atoms with Crippen LogP contribution < -0.4 is 20.9 Å². The lowest BCUT2D eigenvalue weighted by Crippen LogP contribution is -2.43. The van der Waals surface area contributed by atoms with Gasteiger partial charge in [-0.1, -0.05) is 39.8 Å². The second-order valence-electron chi connectivity index (χ2n) is 7.24. The van der Waals surface area contributed by atoms with Crippen molar-refractivity contribution in [2.75, 3.05) is 11.9 Å². The predicted molar refractivity (Wildman–Crippen MR) is 112 cm³/mol. The van der Waals surface area contributed by atoms with Gasteiger partial charge in [0.05, 0.1) is 0 Å². The molecule has 2 rings (SSSR count). The molecule has 3 N–H and O–H groups in total. The molecule has 0 aromatic heterocycles. The zero-order valence-corrected chi connectivity index (χ0v) is 17.1. The van der Waals surface area contributed by atoms with Gasteiger partial charge in [-0.05, 0) is 47.9 Å². The van der Waals surface area contributed by atoms with Gasteiger partial charge in [-0.25, -0.2) is 0 Å². The van der Waals surface area contributed by atoms with Crippen molar-refractivity contribution in [3.05, 3.63) is 59.7 Å². The van der Waals surface area contributed by atoms with Gasteiger partial charge in [0, 0.05) is 17.2 Å². The normalized spacial score (nSPS) is 10.6. The third-order valence-electron chi connectivity index (χ3n) is 4.17. The Kier molecular flexibility index (Phi) is 7.77. The van der Waals surface area contributed by atoms with Crippen LogP contribution in [0.15, 0.2) is 48.5 Å². The smallest absolute Gasteiger partial charge is 0.276 e. The molecule has 0 unspecified atom stereocenters. The molecule has 2 aromatic rings. The summed E-state index contributed by atoms with van der Waals surface area (Å²) in [6.07, 6.45) is 0. The maximum absolute atomic E-state index is 12.1. The van der Waals surface area contributed by atoms with Crippen LogP contribution >= 0.6 is 0 Å². The van der Waals surface area contributed by atoms with E-state index >= 15 is 0 Å². The molecule has 0 saturated carbocycles. The first-order chi connectivity index (χ1) is 13.8. The van der Waals surface area contributed by atoms with Crippen molar-refractivity contribution in [1.82, 2.24) is 10.9 Å². The van der Waals surface area contributed by atoms with Gasteiger partial charge in [0.1, 0.15) is 5.75 Å². The van der Waals surface area contributed by atoms with E-state index in [4.69, 9.17) is 4.74 Å². The molecule has 7 heteroatoms. The van der Waals surface area contributed by atoms with Crippen LogP contribution in [0.1, 0.15) is 49.5 Å². The summed E-state index contributed by atoms with van der Waals surface area (Å²) in [6.45, 7) is 7.57. The van der Waals surface area contributed by atoms with E-state index in [1.54, 1.807) is 50.2 Å². The van der Waals surface area contributed by atoms with Gasteiger partial charge in [0.15, 0.2) is 6.61 Å². The first kappa shape index (κ1) is 21.9. The van der Waals surface area contributed by atoms with E-state index in [2.05, 4.69) is 30.0 Å². The Labute approximate surface area is 170 Å². The van der Waals surface area contributed by atoms with Gasteiger partial charge >= 0.3 is 0 Å². The molecule has 0 radical (unpaired) electrons. The fourth-order valence-electron chi connectivity index (χ4n) is 2.32. The zero-order valence-electron chi connectivity index (χ0n) is 17.1. The Balaban J connectivity index is 1.77. The number of ether oxygens (including phenoxy) is 1. The monoisotopic (exact) mass is 397 g/mol. The molecular weight excluding hydrogens is 370 g/mol. The third-order valence-corrected chi connectivity index (χ3v) is 4.17. The largest absolute Gasteiger partial charge is 0.484 e. The van der Waals surface area contributed by atoms with Crippen LogP contribution in [0.3, 0.4) is 0 Å². The average molecular weight is 397 g/mol. The molecule has 0 bridgehead atoms. The highest BCUT2D eigenvalue weighted by atomic mass is 16.5. The van der Waals surface area contributed by atoms with Gasteiger partial charge in [-0.15, -0.1) is 0 Å². The Bertz CT molecular complexity index is 843. The lowest BCUT2D eigenvalue weighted by Gasteiger charge is -2.11. The maximum atomic E-state index is 12.1. The minimum Gasteiger partial charge on any atom is -0.484 e. The van der Waals surface area contributed by atoms with Gasteiger partial charge in [-0.2, -0.15) is 0 Å². The highest BCUT2D eigenvalue weighted by Crippen LogP contribution is 2.18. The van der Waals surface area contributed by atoms with Crippen molar-refractivity contribution in [3.63, 3.8) is 0 Å². The van der Waals surface area contributed by atoms with E-state index in [9.17, 15) is 14.4 Å². The Hall–Kier alpha value is -3.35. The van der Waals surface area contributed by atoms with Crippen molar-refractivity contribution in [2.24, 2.45) is 5.92 Å². The number of hydrogen-bond donors (Lipinski definition) is 3. The molecule has 154 valence electrons. The van der Waals surface area contributed by atoms with E-state index in [1.807, 2.05) is 12.1 Å². The summed E-state index contributed by atoms with van der Waals surface area (Å²) < 4.78 is 5.41. The molecule has 3 amide bonds. The quantitative estimate of drug-likeness (QED) is 0.625. The topological polar surface area (TPSA) is 96.5 Å². The van der Waals surface area contributed by atoms with E-state index < -0.39 is 11.8 Å². The van der Waals surface area contributed by atoms with Crippen molar-refractivity contribution in [1.29, 1.82) is 0 Å². The van der Waals surface area contributed by atoms with Crippen LogP contribution in [-0.4, -0.2) is 24.3 Å². The number of carbonyl (C=O) groups excluding carboxylic acids is 3. The van der Waals surface area contributed by atoms with E-state index in [0.29, 0.717) is 22.9 Å². The highest BCUT2D eigenvalue weighted by molar-refractivity contribution is 5.97. The molecule has 29 heavy (non-hydrogen) atoms.